The summed E-state index contributed by atoms with van der Waals surface area (Å²) in [6.07, 6.45) is 2.79. The normalized spacial score (nSPS) is 21.5. The van der Waals surface area contributed by atoms with Crippen LogP contribution in [0.5, 0.6) is 0 Å². The number of benzene rings is 2. The Morgan fingerprint density at radius 3 is 2.61 bits per heavy atom. The third kappa shape index (κ3) is 3.80. The molecule has 5 nitrogen and oxygen atoms in total. The van der Waals surface area contributed by atoms with Gasteiger partial charge in [0.1, 0.15) is 0 Å². The number of rotatable bonds is 4. The van der Waals surface area contributed by atoms with Gasteiger partial charge in [-0.05, 0) is 42.5 Å². The Bertz CT molecular complexity index is 857. The van der Waals surface area contributed by atoms with Crippen molar-refractivity contribution in [2.75, 3.05) is 20.2 Å². The lowest BCUT2D eigenvalue weighted by atomic mass is 9.82. The average Bonchev–Trinajstić information content (AvgIpc) is 3.06. The number of ether oxygens (including phenoxy) is 1. The van der Waals surface area contributed by atoms with Crippen LogP contribution in [0.4, 0.5) is 0 Å². The molecule has 2 fully saturated rings. The highest BCUT2D eigenvalue weighted by Gasteiger charge is 2.46. The van der Waals surface area contributed by atoms with E-state index in [-0.39, 0.29) is 23.3 Å². The number of piperidine rings is 1. The molecule has 1 unspecified atom stereocenters. The standard InChI is InChI=1S/C23H26N2O3/c1-28-22(27)19-9-5-6-17(14-19)16-25-12-10-23(11-13-25)15-20(21(26)24-23)18-7-3-2-4-8-18/h2-9,14,20H,10-13,15-16H2,1H3,(H,24,26). The molecule has 0 aliphatic carbocycles. The zero-order valence-electron chi connectivity index (χ0n) is 16.2. The van der Waals surface area contributed by atoms with E-state index in [1.807, 2.05) is 48.5 Å². The highest BCUT2D eigenvalue weighted by atomic mass is 16.5. The number of hydrogen-bond acceptors (Lipinski definition) is 4. The van der Waals surface area contributed by atoms with Crippen LogP contribution in [0.1, 0.15) is 46.7 Å². The Kier molecular flexibility index (Phi) is 5.18. The average molecular weight is 378 g/mol. The summed E-state index contributed by atoms with van der Waals surface area (Å²) in [7, 11) is 1.40. The molecular weight excluding hydrogens is 352 g/mol. The van der Waals surface area contributed by atoms with E-state index in [9.17, 15) is 9.59 Å². The van der Waals surface area contributed by atoms with Crippen molar-refractivity contribution < 1.29 is 14.3 Å². The van der Waals surface area contributed by atoms with Crippen molar-refractivity contribution in [2.45, 2.75) is 37.3 Å². The van der Waals surface area contributed by atoms with Crippen molar-refractivity contribution >= 4 is 11.9 Å². The zero-order chi connectivity index (χ0) is 19.6. The molecular formula is C23H26N2O3. The predicted octanol–water partition coefficient (Wildman–Crippen LogP) is 3.11. The molecule has 2 saturated heterocycles. The van der Waals surface area contributed by atoms with Crippen LogP contribution in [0.15, 0.2) is 54.6 Å². The molecule has 2 aromatic rings. The smallest absolute Gasteiger partial charge is 0.337 e. The first-order valence-electron chi connectivity index (χ1n) is 9.85. The zero-order valence-corrected chi connectivity index (χ0v) is 16.2. The molecule has 2 aromatic carbocycles. The van der Waals surface area contributed by atoms with E-state index in [4.69, 9.17) is 4.74 Å². The van der Waals surface area contributed by atoms with Crippen LogP contribution in [0.25, 0.3) is 0 Å². The van der Waals surface area contributed by atoms with Crippen LogP contribution in [-0.4, -0.2) is 42.5 Å². The third-order valence-corrected chi connectivity index (χ3v) is 6.07. The molecule has 0 saturated carbocycles. The molecule has 4 rings (SSSR count). The molecule has 2 heterocycles. The minimum Gasteiger partial charge on any atom is -0.465 e. The fourth-order valence-electron chi connectivity index (χ4n) is 4.48. The number of nitrogens with zero attached hydrogens (tertiary/aromatic N) is 1. The molecule has 1 spiro atoms. The van der Waals surface area contributed by atoms with E-state index >= 15 is 0 Å². The number of nitrogens with one attached hydrogen (secondary N) is 1. The molecule has 0 aromatic heterocycles. The highest BCUT2D eigenvalue weighted by molar-refractivity contribution is 5.89. The second-order valence-electron chi connectivity index (χ2n) is 7.91. The van der Waals surface area contributed by atoms with Gasteiger partial charge in [0.05, 0.1) is 18.6 Å². The molecule has 1 amide bonds. The van der Waals surface area contributed by atoms with Crippen LogP contribution >= 0.6 is 0 Å². The van der Waals surface area contributed by atoms with E-state index in [1.165, 1.54) is 7.11 Å². The quantitative estimate of drug-likeness (QED) is 0.831. The molecule has 1 atom stereocenters. The van der Waals surface area contributed by atoms with Crippen molar-refractivity contribution in [3.8, 4) is 0 Å². The molecule has 146 valence electrons. The Morgan fingerprint density at radius 1 is 1.14 bits per heavy atom. The molecule has 2 aliphatic heterocycles. The number of carbonyl (C=O) groups is 2. The maximum Gasteiger partial charge on any atom is 0.337 e. The third-order valence-electron chi connectivity index (χ3n) is 6.07. The molecule has 0 bridgehead atoms. The maximum atomic E-state index is 12.6. The van der Waals surface area contributed by atoms with E-state index < -0.39 is 0 Å². The number of hydrogen-bond donors (Lipinski definition) is 1. The summed E-state index contributed by atoms with van der Waals surface area (Å²) in [4.78, 5) is 26.7. The van der Waals surface area contributed by atoms with Crippen molar-refractivity contribution in [3.05, 3.63) is 71.3 Å². The topological polar surface area (TPSA) is 58.6 Å². The van der Waals surface area contributed by atoms with Crippen molar-refractivity contribution in [3.63, 3.8) is 0 Å². The number of amides is 1. The monoisotopic (exact) mass is 378 g/mol. The Hall–Kier alpha value is -2.66. The van der Waals surface area contributed by atoms with Gasteiger partial charge in [0.15, 0.2) is 0 Å². The van der Waals surface area contributed by atoms with Gasteiger partial charge in [0.25, 0.3) is 0 Å². The van der Waals surface area contributed by atoms with Crippen molar-refractivity contribution in [2.24, 2.45) is 0 Å². The summed E-state index contributed by atoms with van der Waals surface area (Å²) in [6, 6.07) is 17.7. The van der Waals surface area contributed by atoms with Gasteiger partial charge in [0, 0.05) is 25.2 Å². The van der Waals surface area contributed by atoms with Gasteiger partial charge >= 0.3 is 5.97 Å². The van der Waals surface area contributed by atoms with E-state index in [2.05, 4.69) is 10.2 Å². The van der Waals surface area contributed by atoms with Crippen LogP contribution in [0.3, 0.4) is 0 Å². The first-order valence-corrected chi connectivity index (χ1v) is 9.85. The first-order chi connectivity index (χ1) is 13.6. The predicted molar refractivity (Wildman–Crippen MR) is 107 cm³/mol. The van der Waals surface area contributed by atoms with Gasteiger partial charge in [-0.15, -0.1) is 0 Å². The molecule has 28 heavy (non-hydrogen) atoms. The lowest BCUT2D eigenvalue weighted by Gasteiger charge is -2.39. The minimum atomic E-state index is -0.305. The number of methoxy groups -OCH3 is 1. The van der Waals surface area contributed by atoms with Crippen molar-refractivity contribution in [1.82, 2.24) is 10.2 Å². The molecule has 5 heteroatoms. The van der Waals surface area contributed by atoms with E-state index in [1.54, 1.807) is 6.07 Å². The SMILES string of the molecule is COC(=O)c1cccc(CN2CCC3(CC2)CC(c2ccccc2)C(=O)N3)c1. The van der Waals surface area contributed by atoms with Gasteiger partial charge < -0.3 is 10.1 Å². The summed E-state index contributed by atoms with van der Waals surface area (Å²) in [5, 5.41) is 3.31. The minimum absolute atomic E-state index is 0.0375. The van der Waals surface area contributed by atoms with Crippen LogP contribution in [0, 0.1) is 0 Å². The summed E-state index contributed by atoms with van der Waals surface area (Å²) >= 11 is 0. The van der Waals surface area contributed by atoms with Crippen LogP contribution in [-0.2, 0) is 16.1 Å². The van der Waals surface area contributed by atoms with Gasteiger partial charge in [-0.25, -0.2) is 4.79 Å². The Labute approximate surface area is 165 Å². The lowest BCUT2D eigenvalue weighted by Crippen LogP contribution is -2.50. The van der Waals surface area contributed by atoms with Gasteiger partial charge in [0.2, 0.25) is 5.91 Å². The summed E-state index contributed by atoms with van der Waals surface area (Å²) in [6.45, 7) is 2.67. The fourth-order valence-corrected chi connectivity index (χ4v) is 4.48. The van der Waals surface area contributed by atoms with Crippen LogP contribution in [0.2, 0.25) is 0 Å². The van der Waals surface area contributed by atoms with Gasteiger partial charge in [-0.3, -0.25) is 9.69 Å². The lowest BCUT2D eigenvalue weighted by molar-refractivity contribution is -0.121. The molecule has 2 aliphatic rings. The second kappa shape index (κ2) is 7.76. The summed E-state index contributed by atoms with van der Waals surface area (Å²) < 4.78 is 4.81. The van der Waals surface area contributed by atoms with Gasteiger partial charge in [-0.1, -0.05) is 42.5 Å². The molecule has 1 N–H and O–H groups in total. The molecule has 0 radical (unpaired) electrons. The van der Waals surface area contributed by atoms with Crippen LogP contribution < -0.4 is 5.32 Å². The summed E-state index contributed by atoms with van der Waals surface area (Å²) in [5.74, 6) is -0.185. The van der Waals surface area contributed by atoms with E-state index in [0.717, 1.165) is 50.0 Å². The highest BCUT2D eigenvalue weighted by Crippen LogP contribution is 2.39. The number of carbonyl (C=O) groups excluding carboxylic acids is 2. The maximum absolute atomic E-state index is 12.6. The summed E-state index contributed by atoms with van der Waals surface area (Å²) in [5.41, 5.74) is 2.72. The largest absolute Gasteiger partial charge is 0.465 e. The Balaban J connectivity index is 1.37. The van der Waals surface area contributed by atoms with Gasteiger partial charge in [-0.2, -0.15) is 0 Å². The van der Waals surface area contributed by atoms with E-state index in [0.29, 0.717) is 5.56 Å². The second-order valence-corrected chi connectivity index (χ2v) is 7.91. The first kappa shape index (κ1) is 18.7. The van der Waals surface area contributed by atoms with Crippen molar-refractivity contribution in [1.29, 1.82) is 0 Å². The Morgan fingerprint density at radius 2 is 1.89 bits per heavy atom. The number of likely N-dealkylation sites (tertiary alicyclic amines) is 1. The number of esters is 1. The fraction of sp³-hybridized carbons (Fsp3) is 0.391.